The van der Waals surface area contributed by atoms with Crippen LogP contribution in [0.5, 0.6) is 0 Å². The maximum atomic E-state index is 11.9. The van der Waals surface area contributed by atoms with Gasteiger partial charge in [0.05, 0.1) is 23.7 Å². The van der Waals surface area contributed by atoms with Gasteiger partial charge in [0.1, 0.15) is 0 Å². The first kappa shape index (κ1) is 22.7. The normalized spacial score (nSPS) is 18.7. The molecule has 2 aliphatic rings. The van der Waals surface area contributed by atoms with Gasteiger partial charge in [0.2, 0.25) is 5.91 Å². The van der Waals surface area contributed by atoms with Gasteiger partial charge in [-0.05, 0) is 44.7 Å². The number of pyridine rings is 1. The van der Waals surface area contributed by atoms with E-state index in [1.807, 2.05) is 17.2 Å². The summed E-state index contributed by atoms with van der Waals surface area (Å²) in [6.45, 7) is 9.06. The zero-order chi connectivity index (χ0) is 21.3. The average molecular weight is 417 g/mol. The molecule has 1 aliphatic carbocycles. The van der Waals surface area contributed by atoms with Crippen molar-refractivity contribution in [2.45, 2.75) is 64.8 Å². The fourth-order valence-corrected chi connectivity index (χ4v) is 3.79. The molecule has 166 valence electrons. The molecular formula is C23H36N4O3. The number of fused-ring (bicyclic) bond motifs is 1. The number of hydrogen-bond donors (Lipinski definition) is 1. The van der Waals surface area contributed by atoms with Crippen molar-refractivity contribution in [2.75, 3.05) is 33.4 Å². The smallest absolute Gasteiger partial charge is 0.219 e. The largest absolute Gasteiger partial charge is 0.385 e. The van der Waals surface area contributed by atoms with Gasteiger partial charge in [-0.2, -0.15) is 0 Å². The first-order valence-corrected chi connectivity index (χ1v) is 11.1. The summed E-state index contributed by atoms with van der Waals surface area (Å²) in [5, 5.41) is 3.21. The number of morpholine rings is 1. The first-order valence-electron chi connectivity index (χ1n) is 11.1. The highest BCUT2D eigenvalue weighted by atomic mass is 16.5. The number of aryl methyl sites for hydroxylation is 1. The Hall–Kier alpha value is -1.96. The van der Waals surface area contributed by atoms with Gasteiger partial charge in [-0.3, -0.25) is 9.78 Å². The van der Waals surface area contributed by atoms with Gasteiger partial charge in [0.15, 0.2) is 0 Å². The predicted molar refractivity (Wildman–Crippen MR) is 118 cm³/mol. The highest BCUT2D eigenvalue weighted by molar-refractivity contribution is 5.80. The topological polar surface area (TPSA) is 68.6 Å². The summed E-state index contributed by atoms with van der Waals surface area (Å²) in [7, 11) is 1.74. The summed E-state index contributed by atoms with van der Waals surface area (Å²) >= 11 is 0. The minimum Gasteiger partial charge on any atom is -0.385 e. The molecule has 1 atom stereocenters. The minimum absolute atomic E-state index is 0.157. The van der Waals surface area contributed by atoms with Crippen molar-refractivity contribution in [1.29, 1.82) is 0 Å². The van der Waals surface area contributed by atoms with Gasteiger partial charge in [-0.25, -0.2) is 0 Å². The molecule has 7 nitrogen and oxygen atoms in total. The van der Waals surface area contributed by atoms with Gasteiger partial charge < -0.3 is 24.3 Å². The number of ether oxygens (including phenoxy) is 2. The maximum absolute atomic E-state index is 11.9. The predicted octanol–water partition coefficient (Wildman–Crippen LogP) is 2.97. The van der Waals surface area contributed by atoms with Crippen LogP contribution >= 0.6 is 0 Å². The molecule has 7 heteroatoms. The van der Waals surface area contributed by atoms with E-state index in [0.717, 1.165) is 75.1 Å². The van der Waals surface area contributed by atoms with Crippen LogP contribution in [0.25, 0.3) is 11.0 Å². The van der Waals surface area contributed by atoms with E-state index in [4.69, 9.17) is 9.47 Å². The molecule has 1 saturated heterocycles. The van der Waals surface area contributed by atoms with Crippen molar-refractivity contribution in [2.24, 2.45) is 0 Å². The summed E-state index contributed by atoms with van der Waals surface area (Å²) in [6, 6.07) is 4.51. The van der Waals surface area contributed by atoms with Crippen LogP contribution in [-0.4, -0.2) is 65.9 Å². The summed E-state index contributed by atoms with van der Waals surface area (Å²) in [5.41, 5.74) is 3.32. The minimum atomic E-state index is 0.157. The second-order valence-electron chi connectivity index (χ2n) is 8.18. The lowest BCUT2D eigenvalue weighted by Gasteiger charge is -2.19. The van der Waals surface area contributed by atoms with Gasteiger partial charge >= 0.3 is 0 Å². The fraction of sp³-hybridized carbons (Fsp3) is 0.652. The lowest BCUT2D eigenvalue weighted by Crippen LogP contribution is -2.36. The van der Waals surface area contributed by atoms with Crippen molar-refractivity contribution in [3.63, 3.8) is 0 Å². The third kappa shape index (κ3) is 6.52. The molecule has 1 unspecified atom stereocenters. The molecule has 0 bridgehead atoms. The SMILES string of the molecule is CC1CNCCO1.COCCCCn1cc(CN(C(C)=O)C2CC2)c2ncccc21. The summed E-state index contributed by atoms with van der Waals surface area (Å²) in [5.74, 6) is 0.157. The molecule has 0 aromatic carbocycles. The van der Waals surface area contributed by atoms with Crippen molar-refractivity contribution < 1.29 is 14.3 Å². The van der Waals surface area contributed by atoms with Crippen LogP contribution in [-0.2, 0) is 27.4 Å². The second-order valence-corrected chi connectivity index (χ2v) is 8.18. The van der Waals surface area contributed by atoms with Gasteiger partial charge in [-0.15, -0.1) is 0 Å². The Morgan fingerprint density at radius 1 is 1.40 bits per heavy atom. The highest BCUT2D eigenvalue weighted by Crippen LogP contribution is 2.30. The molecule has 0 radical (unpaired) electrons. The Balaban J connectivity index is 0.000000310. The third-order valence-corrected chi connectivity index (χ3v) is 5.55. The summed E-state index contributed by atoms with van der Waals surface area (Å²) < 4.78 is 12.6. The number of nitrogens with zero attached hydrogens (tertiary/aromatic N) is 3. The molecule has 0 spiro atoms. The van der Waals surface area contributed by atoms with Crippen molar-refractivity contribution in [1.82, 2.24) is 19.8 Å². The Labute approximate surface area is 179 Å². The standard InChI is InChI=1S/C18H25N3O2.C5H11NO/c1-14(22)21(16-7-8-16)13-15-12-20(10-3-4-11-23-2)17-6-5-9-19-18(15)17;1-5-4-6-2-3-7-5/h5-6,9,12,16H,3-4,7-8,10-11,13H2,1-2H3;5-6H,2-4H2,1H3. The van der Waals surface area contributed by atoms with E-state index in [0.29, 0.717) is 18.7 Å². The maximum Gasteiger partial charge on any atom is 0.219 e. The second kappa shape index (κ2) is 11.4. The van der Waals surface area contributed by atoms with E-state index < -0.39 is 0 Å². The monoisotopic (exact) mass is 416 g/mol. The molecule has 2 fully saturated rings. The van der Waals surface area contributed by atoms with E-state index in [-0.39, 0.29) is 5.91 Å². The molecule has 1 amide bonds. The van der Waals surface area contributed by atoms with Gasteiger partial charge in [0, 0.05) is 70.8 Å². The Morgan fingerprint density at radius 2 is 2.23 bits per heavy atom. The number of unbranched alkanes of at least 4 members (excludes halogenated alkanes) is 1. The van der Waals surface area contributed by atoms with E-state index in [1.165, 1.54) is 0 Å². The number of carbonyl (C=O) groups is 1. The Bertz CT molecular complexity index is 797. The van der Waals surface area contributed by atoms with Crippen LogP contribution in [0.3, 0.4) is 0 Å². The third-order valence-electron chi connectivity index (χ3n) is 5.55. The number of carbonyl (C=O) groups excluding carboxylic acids is 1. The van der Waals surface area contributed by atoms with Gasteiger partial charge in [0.25, 0.3) is 0 Å². The lowest BCUT2D eigenvalue weighted by molar-refractivity contribution is -0.130. The van der Waals surface area contributed by atoms with E-state index in [9.17, 15) is 4.79 Å². The summed E-state index contributed by atoms with van der Waals surface area (Å²) in [4.78, 5) is 18.4. The van der Waals surface area contributed by atoms with Crippen LogP contribution in [0.1, 0.15) is 45.1 Å². The van der Waals surface area contributed by atoms with Crippen LogP contribution < -0.4 is 5.32 Å². The first-order chi connectivity index (χ1) is 14.6. The number of aromatic nitrogens is 2. The lowest BCUT2D eigenvalue weighted by atomic mass is 10.2. The molecule has 1 saturated carbocycles. The molecule has 30 heavy (non-hydrogen) atoms. The molecule has 2 aromatic rings. The molecule has 2 aromatic heterocycles. The zero-order valence-electron chi connectivity index (χ0n) is 18.6. The molecular weight excluding hydrogens is 380 g/mol. The molecule has 3 heterocycles. The average Bonchev–Trinajstić information content (AvgIpc) is 3.53. The molecule has 1 aliphatic heterocycles. The quantitative estimate of drug-likeness (QED) is 0.670. The zero-order valence-corrected chi connectivity index (χ0v) is 18.6. The molecule has 4 rings (SSSR count). The number of amides is 1. The Kier molecular flexibility index (Phi) is 8.66. The Morgan fingerprint density at radius 3 is 2.83 bits per heavy atom. The van der Waals surface area contributed by atoms with Crippen molar-refractivity contribution in [3.05, 3.63) is 30.1 Å². The van der Waals surface area contributed by atoms with E-state index in [2.05, 4.69) is 34.1 Å². The van der Waals surface area contributed by atoms with E-state index >= 15 is 0 Å². The van der Waals surface area contributed by atoms with Crippen molar-refractivity contribution >= 4 is 16.9 Å². The van der Waals surface area contributed by atoms with Crippen LogP contribution in [0.2, 0.25) is 0 Å². The summed E-state index contributed by atoms with van der Waals surface area (Å²) in [6.07, 6.45) is 8.80. The van der Waals surface area contributed by atoms with E-state index in [1.54, 1.807) is 14.0 Å². The number of methoxy groups -OCH3 is 1. The number of nitrogens with one attached hydrogen (secondary N) is 1. The number of rotatable bonds is 8. The number of hydrogen-bond acceptors (Lipinski definition) is 5. The van der Waals surface area contributed by atoms with Gasteiger partial charge in [-0.1, -0.05) is 0 Å². The van der Waals surface area contributed by atoms with Crippen LogP contribution in [0.15, 0.2) is 24.5 Å². The van der Waals surface area contributed by atoms with Crippen LogP contribution in [0.4, 0.5) is 0 Å². The molecule has 1 N–H and O–H groups in total. The highest BCUT2D eigenvalue weighted by Gasteiger charge is 2.31. The van der Waals surface area contributed by atoms with Crippen molar-refractivity contribution in [3.8, 4) is 0 Å². The fourth-order valence-electron chi connectivity index (χ4n) is 3.79. The van der Waals surface area contributed by atoms with Crippen LogP contribution in [0, 0.1) is 0 Å².